The molecule has 3 nitrogen and oxygen atoms in total. The summed E-state index contributed by atoms with van der Waals surface area (Å²) in [5.41, 5.74) is 1.66. The van der Waals surface area contributed by atoms with E-state index in [1.165, 1.54) is 19.3 Å². The highest BCUT2D eigenvalue weighted by Crippen LogP contribution is 2.61. The summed E-state index contributed by atoms with van der Waals surface area (Å²) in [4.78, 5) is 22.8. The summed E-state index contributed by atoms with van der Waals surface area (Å²) < 4.78 is 0. The van der Waals surface area contributed by atoms with E-state index in [-0.39, 0.29) is 16.7 Å². The molecule has 1 aromatic carbocycles. The Kier molecular flexibility index (Phi) is 2.75. The van der Waals surface area contributed by atoms with E-state index in [9.17, 15) is 14.7 Å². The van der Waals surface area contributed by atoms with Crippen molar-refractivity contribution in [3.05, 3.63) is 28.8 Å². The van der Waals surface area contributed by atoms with Crippen LogP contribution in [0.1, 0.15) is 64.8 Å². The van der Waals surface area contributed by atoms with Crippen molar-refractivity contribution in [1.82, 2.24) is 0 Å². The molecule has 0 atom stereocenters. The number of benzene rings is 1. The standard InChI is InChI=1S/C18H20O3/c19-9-14-15(10-20)17(21)2-1-16(14)18-6-11-3-12(7-18)5-13(4-11)8-18/h1-2,9-13,21H,3-8H2. The van der Waals surface area contributed by atoms with Crippen LogP contribution in [0.25, 0.3) is 0 Å². The first kappa shape index (κ1) is 13.1. The fourth-order valence-electron chi connectivity index (χ4n) is 5.78. The molecule has 0 aliphatic heterocycles. The highest BCUT2D eigenvalue weighted by Gasteiger charge is 2.52. The average molecular weight is 284 g/mol. The first-order valence-electron chi connectivity index (χ1n) is 7.92. The molecule has 0 aromatic heterocycles. The molecule has 4 aliphatic carbocycles. The lowest BCUT2D eigenvalue weighted by Crippen LogP contribution is -2.49. The Hall–Kier alpha value is -1.64. The lowest BCUT2D eigenvalue weighted by Gasteiger charge is -2.57. The molecule has 0 radical (unpaired) electrons. The van der Waals surface area contributed by atoms with Crippen LogP contribution < -0.4 is 0 Å². The van der Waals surface area contributed by atoms with Crippen LogP contribution in [0.5, 0.6) is 5.75 Å². The molecule has 1 aromatic rings. The van der Waals surface area contributed by atoms with Crippen LogP contribution in [0.3, 0.4) is 0 Å². The predicted octanol–water partition coefficient (Wildman–Crippen LogP) is 3.49. The molecule has 0 spiro atoms. The number of hydrogen-bond acceptors (Lipinski definition) is 3. The van der Waals surface area contributed by atoms with Crippen LogP contribution in [0.2, 0.25) is 0 Å². The van der Waals surface area contributed by atoms with E-state index in [2.05, 4.69) is 0 Å². The van der Waals surface area contributed by atoms with Gasteiger partial charge in [0.15, 0.2) is 12.6 Å². The minimum absolute atomic E-state index is 0.0659. The van der Waals surface area contributed by atoms with E-state index < -0.39 is 0 Å². The molecule has 0 amide bonds. The predicted molar refractivity (Wildman–Crippen MR) is 78.7 cm³/mol. The molecule has 0 saturated heterocycles. The van der Waals surface area contributed by atoms with Crippen molar-refractivity contribution >= 4 is 12.6 Å². The minimum Gasteiger partial charge on any atom is -0.507 e. The molecule has 5 rings (SSSR count). The first-order chi connectivity index (χ1) is 10.1. The summed E-state index contributed by atoms with van der Waals surface area (Å²) in [5.74, 6) is 2.26. The maximum absolute atomic E-state index is 11.6. The molecular formula is C18H20O3. The molecule has 4 saturated carbocycles. The van der Waals surface area contributed by atoms with Crippen molar-refractivity contribution in [2.45, 2.75) is 43.9 Å². The van der Waals surface area contributed by atoms with E-state index in [0.717, 1.165) is 48.9 Å². The molecule has 0 heterocycles. The Bertz CT molecular complexity index is 582. The number of carbonyl (C=O) groups is 2. The summed E-state index contributed by atoms with van der Waals surface area (Å²) in [6.45, 7) is 0. The Balaban J connectivity index is 1.87. The zero-order chi connectivity index (χ0) is 14.6. The third-order valence-electron chi connectivity index (χ3n) is 6.11. The SMILES string of the molecule is O=Cc1c(O)ccc(C23CC4CC(CC(C4)C2)C3)c1C=O. The Morgan fingerprint density at radius 2 is 1.43 bits per heavy atom. The zero-order valence-corrected chi connectivity index (χ0v) is 12.0. The number of rotatable bonds is 3. The summed E-state index contributed by atoms with van der Waals surface area (Å²) >= 11 is 0. The number of aldehydes is 2. The number of hydrogen-bond donors (Lipinski definition) is 1. The van der Waals surface area contributed by atoms with Gasteiger partial charge >= 0.3 is 0 Å². The highest BCUT2D eigenvalue weighted by atomic mass is 16.3. The monoisotopic (exact) mass is 284 g/mol. The van der Waals surface area contributed by atoms with Crippen LogP contribution in [-0.2, 0) is 5.41 Å². The van der Waals surface area contributed by atoms with Gasteiger partial charge in [-0.1, -0.05) is 6.07 Å². The Morgan fingerprint density at radius 3 is 1.90 bits per heavy atom. The lowest BCUT2D eigenvalue weighted by atomic mass is 9.47. The summed E-state index contributed by atoms with van der Waals surface area (Å²) in [6, 6.07) is 3.48. The van der Waals surface area contributed by atoms with Crippen LogP contribution in [0.15, 0.2) is 12.1 Å². The molecule has 3 heteroatoms. The Morgan fingerprint density at radius 1 is 0.905 bits per heavy atom. The average Bonchev–Trinajstić information content (AvgIpc) is 2.45. The fourth-order valence-corrected chi connectivity index (χ4v) is 5.78. The third-order valence-corrected chi connectivity index (χ3v) is 6.11. The van der Waals surface area contributed by atoms with Gasteiger partial charge in [-0.15, -0.1) is 0 Å². The van der Waals surface area contributed by atoms with E-state index in [4.69, 9.17) is 0 Å². The van der Waals surface area contributed by atoms with Gasteiger partial charge in [0.25, 0.3) is 0 Å². The molecule has 4 fully saturated rings. The van der Waals surface area contributed by atoms with Gasteiger partial charge in [0.05, 0.1) is 5.56 Å². The van der Waals surface area contributed by atoms with E-state index in [0.29, 0.717) is 11.8 Å². The van der Waals surface area contributed by atoms with Crippen molar-refractivity contribution in [2.75, 3.05) is 0 Å². The van der Waals surface area contributed by atoms with Crippen LogP contribution >= 0.6 is 0 Å². The van der Waals surface area contributed by atoms with Gasteiger partial charge in [-0.3, -0.25) is 9.59 Å². The largest absolute Gasteiger partial charge is 0.507 e. The third kappa shape index (κ3) is 1.79. The second-order valence-corrected chi connectivity index (χ2v) is 7.39. The normalized spacial score (nSPS) is 36.7. The number of phenolic OH excluding ortho intramolecular Hbond substituents is 1. The molecule has 4 bridgehead atoms. The fraction of sp³-hybridized carbons (Fsp3) is 0.556. The van der Waals surface area contributed by atoms with Crippen LogP contribution in [0.4, 0.5) is 0 Å². The van der Waals surface area contributed by atoms with Crippen molar-refractivity contribution in [3.63, 3.8) is 0 Å². The van der Waals surface area contributed by atoms with Crippen molar-refractivity contribution in [1.29, 1.82) is 0 Å². The maximum Gasteiger partial charge on any atom is 0.154 e. The van der Waals surface area contributed by atoms with Crippen LogP contribution in [-0.4, -0.2) is 17.7 Å². The minimum atomic E-state index is -0.0828. The quantitative estimate of drug-likeness (QED) is 0.864. The van der Waals surface area contributed by atoms with Gasteiger partial charge in [-0.2, -0.15) is 0 Å². The number of aromatic hydroxyl groups is 1. The summed E-state index contributed by atoms with van der Waals surface area (Å²) in [5, 5.41) is 9.84. The van der Waals surface area contributed by atoms with Crippen LogP contribution in [0, 0.1) is 17.8 Å². The topological polar surface area (TPSA) is 54.4 Å². The smallest absolute Gasteiger partial charge is 0.154 e. The van der Waals surface area contributed by atoms with E-state index in [1.807, 2.05) is 6.07 Å². The van der Waals surface area contributed by atoms with Gasteiger partial charge in [0.1, 0.15) is 5.75 Å². The molecule has 110 valence electrons. The summed E-state index contributed by atoms with van der Waals surface area (Å²) in [7, 11) is 0. The maximum atomic E-state index is 11.6. The van der Waals surface area contributed by atoms with Crippen molar-refractivity contribution in [3.8, 4) is 5.75 Å². The van der Waals surface area contributed by atoms with Gasteiger partial charge in [-0.25, -0.2) is 0 Å². The van der Waals surface area contributed by atoms with E-state index >= 15 is 0 Å². The summed E-state index contributed by atoms with van der Waals surface area (Å²) in [6.07, 6.45) is 8.83. The van der Waals surface area contributed by atoms with Gasteiger partial charge < -0.3 is 5.11 Å². The van der Waals surface area contributed by atoms with Gasteiger partial charge in [0.2, 0.25) is 0 Å². The molecule has 0 unspecified atom stereocenters. The van der Waals surface area contributed by atoms with Gasteiger partial charge in [0, 0.05) is 5.56 Å². The zero-order valence-electron chi connectivity index (χ0n) is 12.0. The number of phenols is 1. The second kappa shape index (κ2) is 4.43. The molecule has 1 N–H and O–H groups in total. The molecule has 21 heavy (non-hydrogen) atoms. The van der Waals surface area contributed by atoms with Crippen molar-refractivity contribution < 1.29 is 14.7 Å². The Labute approximate surface area is 124 Å². The molecule has 4 aliphatic rings. The van der Waals surface area contributed by atoms with Gasteiger partial charge in [-0.05, 0) is 73.3 Å². The highest BCUT2D eigenvalue weighted by molar-refractivity contribution is 5.94. The van der Waals surface area contributed by atoms with Crippen molar-refractivity contribution in [2.24, 2.45) is 17.8 Å². The van der Waals surface area contributed by atoms with E-state index in [1.54, 1.807) is 6.07 Å². The second-order valence-electron chi connectivity index (χ2n) is 7.39. The lowest BCUT2D eigenvalue weighted by molar-refractivity contribution is -0.00546. The first-order valence-corrected chi connectivity index (χ1v) is 7.92. The number of carbonyl (C=O) groups excluding carboxylic acids is 2. The molecular weight excluding hydrogens is 264 g/mol.